The zero-order valence-electron chi connectivity index (χ0n) is 12.5. The van der Waals surface area contributed by atoms with Gasteiger partial charge in [0.05, 0.1) is 18.1 Å². The van der Waals surface area contributed by atoms with Gasteiger partial charge in [0, 0.05) is 44.0 Å². The standard InChI is InChI=1S/C15H18N2O5S/c18-15-6-10-8-17(9-12(10)16-15)23(19,20)11-2-3-13-14(7-11)22-5-1-4-21-13/h2-3,7,10,12H,1,4-6,8-9H2,(H,16,18)/t10-,12+/m0/s1. The number of hydrogen-bond donors (Lipinski definition) is 1. The van der Waals surface area contributed by atoms with Crippen molar-refractivity contribution < 1.29 is 22.7 Å². The molecule has 124 valence electrons. The van der Waals surface area contributed by atoms with Crippen LogP contribution in [0.4, 0.5) is 0 Å². The summed E-state index contributed by atoms with van der Waals surface area (Å²) in [5.41, 5.74) is 0. The highest BCUT2D eigenvalue weighted by Crippen LogP contribution is 2.35. The zero-order valence-corrected chi connectivity index (χ0v) is 13.3. The van der Waals surface area contributed by atoms with Crippen LogP contribution in [0.15, 0.2) is 23.1 Å². The summed E-state index contributed by atoms with van der Waals surface area (Å²) in [4.78, 5) is 11.6. The minimum absolute atomic E-state index is 0.00706. The van der Waals surface area contributed by atoms with Gasteiger partial charge in [0.15, 0.2) is 11.5 Å². The number of nitrogens with zero attached hydrogens (tertiary/aromatic N) is 1. The van der Waals surface area contributed by atoms with E-state index in [1.54, 1.807) is 12.1 Å². The molecule has 3 aliphatic rings. The molecule has 0 spiro atoms. The van der Waals surface area contributed by atoms with Gasteiger partial charge in [0.1, 0.15) is 0 Å². The Balaban J connectivity index is 1.60. The molecule has 2 atom stereocenters. The van der Waals surface area contributed by atoms with Gasteiger partial charge in [-0.3, -0.25) is 4.79 Å². The van der Waals surface area contributed by atoms with Crippen molar-refractivity contribution in [3.05, 3.63) is 18.2 Å². The van der Waals surface area contributed by atoms with Crippen LogP contribution in [0.2, 0.25) is 0 Å². The molecule has 0 aliphatic carbocycles. The smallest absolute Gasteiger partial charge is 0.243 e. The molecule has 1 aromatic rings. The molecule has 1 aromatic carbocycles. The maximum Gasteiger partial charge on any atom is 0.243 e. The summed E-state index contributed by atoms with van der Waals surface area (Å²) < 4.78 is 38.2. The van der Waals surface area contributed by atoms with Crippen molar-refractivity contribution in [1.82, 2.24) is 9.62 Å². The molecule has 8 heteroatoms. The molecule has 7 nitrogen and oxygen atoms in total. The highest BCUT2D eigenvalue weighted by atomic mass is 32.2. The molecule has 2 saturated heterocycles. The van der Waals surface area contributed by atoms with E-state index in [1.165, 1.54) is 10.4 Å². The van der Waals surface area contributed by atoms with Crippen molar-refractivity contribution >= 4 is 15.9 Å². The summed E-state index contributed by atoms with van der Waals surface area (Å²) in [5.74, 6) is 1.12. The maximum absolute atomic E-state index is 12.8. The van der Waals surface area contributed by atoms with Crippen molar-refractivity contribution in [2.75, 3.05) is 26.3 Å². The fourth-order valence-electron chi connectivity index (χ4n) is 3.36. The minimum atomic E-state index is -3.60. The lowest BCUT2D eigenvalue weighted by Gasteiger charge is -2.18. The molecule has 3 heterocycles. The Morgan fingerprint density at radius 1 is 1.13 bits per heavy atom. The average Bonchev–Trinajstić information content (AvgIpc) is 2.95. The Hall–Kier alpha value is -1.80. The number of carbonyl (C=O) groups excluding carboxylic acids is 1. The number of hydrogen-bond acceptors (Lipinski definition) is 5. The summed E-state index contributed by atoms with van der Waals surface area (Å²) in [6.07, 6.45) is 1.17. The van der Waals surface area contributed by atoms with Crippen molar-refractivity contribution in [2.24, 2.45) is 5.92 Å². The van der Waals surface area contributed by atoms with E-state index in [1.807, 2.05) is 0 Å². The minimum Gasteiger partial charge on any atom is -0.490 e. The molecular formula is C15H18N2O5S. The first kappa shape index (κ1) is 14.8. The van der Waals surface area contributed by atoms with Crippen LogP contribution in [0.1, 0.15) is 12.8 Å². The number of carbonyl (C=O) groups is 1. The number of rotatable bonds is 2. The predicted molar refractivity (Wildman–Crippen MR) is 80.8 cm³/mol. The van der Waals surface area contributed by atoms with E-state index in [-0.39, 0.29) is 22.8 Å². The Bertz CT molecular complexity index is 732. The van der Waals surface area contributed by atoms with Gasteiger partial charge in [-0.2, -0.15) is 4.31 Å². The van der Waals surface area contributed by atoms with Gasteiger partial charge in [-0.25, -0.2) is 8.42 Å². The lowest BCUT2D eigenvalue weighted by Crippen LogP contribution is -2.35. The van der Waals surface area contributed by atoms with Gasteiger partial charge < -0.3 is 14.8 Å². The van der Waals surface area contributed by atoms with Gasteiger partial charge in [0.2, 0.25) is 15.9 Å². The van der Waals surface area contributed by atoms with Crippen LogP contribution in [0, 0.1) is 5.92 Å². The van der Waals surface area contributed by atoms with Gasteiger partial charge in [-0.1, -0.05) is 0 Å². The quantitative estimate of drug-likeness (QED) is 0.841. The Labute approximate surface area is 134 Å². The predicted octanol–water partition coefficient (Wildman–Crippen LogP) is 0.357. The molecular weight excluding hydrogens is 320 g/mol. The summed E-state index contributed by atoms with van der Waals surface area (Å²) in [5, 5.41) is 2.84. The molecule has 23 heavy (non-hydrogen) atoms. The summed E-state index contributed by atoms with van der Waals surface area (Å²) >= 11 is 0. The van der Waals surface area contributed by atoms with Crippen LogP contribution in [-0.2, 0) is 14.8 Å². The number of nitrogens with one attached hydrogen (secondary N) is 1. The first-order chi connectivity index (χ1) is 11.0. The normalized spacial score (nSPS) is 27.4. The van der Waals surface area contributed by atoms with E-state index in [4.69, 9.17) is 9.47 Å². The molecule has 0 bridgehead atoms. The maximum atomic E-state index is 12.8. The summed E-state index contributed by atoms with van der Waals surface area (Å²) in [6, 6.07) is 4.66. The lowest BCUT2D eigenvalue weighted by molar-refractivity contribution is -0.119. The van der Waals surface area contributed by atoms with Crippen molar-refractivity contribution in [3.63, 3.8) is 0 Å². The highest BCUT2D eigenvalue weighted by molar-refractivity contribution is 7.89. The van der Waals surface area contributed by atoms with E-state index >= 15 is 0 Å². The Kier molecular flexibility index (Phi) is 3.46. The molecule has 0 saturated carbocycles. The summed E-state index contributed by atoms with van der Waals surface area (Å²) in [6.45, 7) is 1.78. The highest BCUT2D eigenvalue weighted by Gasteiger charge is 2.44. The molecule has 2 fully saturated rings. The van der Waals surface area contributed by atoms with Crippen LogP contribution >= 0.6 is 0 Å². The Morgan fingerprint density at radius 3 is 2.70 bits per heavy atom. The molecule has 4 rings (SSSR count). The number of sulfonamides is 1. The third-order valence-electron chi connectivity index (χ3n) is 4.56. The van der Waals surface area contributed by atoms with Gasteiger partial charge in [-0.05, 0) is 12.1 Å². The molecule has 0 radical (unpaired) electrons. The number of ether oxygens (including phenoxy) is 2. The molecule has 1 N–H and O–H groups in total. The van der Waals surface area contributed by atoms with Crippen molar-refractivity contribution in [3.8, 4) is 11.5 Å². The molecule has 1 amide bonds. The van der Waals surface area contributed by atoms with E-state index in [0.29, 0.717) is 44.2 Å². The fraction of sp³-hybridized carbons (Fsp3) is 0.533. The number of amides is 1. The van der Waals surface area contributed by atoms with Crippen molar-refractivity contribution in [1.29, 1.82) is 0 Å². The van der Waals surface area contributed by atoms with Gasteiger partial charge >= 0.3 is 0 Å². The number of benzene rings is 1. The second-order valence-electron chi connectivity index (χ2n) is 6.12. The van der Waals surface area contributed by atoms with E-state index in [0.717, 1.165) is 6.42 Å². The summed E-state index contributed by atoms with van der Waals surface area (Å²) in [7, 11) is -3.60. The first-order valence-electron chi connectivity index (χ1n) is 7.73. The monoisotopic (exact) mass is 338 g/mol. The Morgan fingerprint density at radius 2 is 1.91 bits per heavy atom. The van der Waals surface area contributed by atoms with Crippen LogP contribution in [0.3, 0.4) is 0 Å². The average molecular weight is 338 g/mol. The van der Waals surface area contributed by atoms with Crippen molar-refractivity contribution in [2.45, 2.75) is 23.8 Å². The lowest BCUT2D eigenvalue weighted by atomic mass is 10.1. The third-order valence-corrected chi connectivity index (χ3v) is 6.39. The van der Waals surface area contributed by atoms with Crippen LogP contribution in [0.25, 0.3) is 0 Å². The van der Waals surface area contributed by atoms with Gasteiger partial charge in [-0.15, -0.1) is 0 Å². The SMILES string of the molecule is O=C1C[C@H]2CN(S(=O)(=O)c3ccc4c(c3)OCCCO4)C[C@H]2N1. The first-order valence-corrected chi connectivity index (χ1v) is 9.17. The van der Waals surface area contributed by atoms with Crippen LogP contribution in [0.5, 0.6) is 11.5 Å². The number of fused-ring (bicyclic) bond motifs is 2. The van der Waals surface area contributed by atoms with E-state index in [2.05, 4.69) is 5.32 Å². The second kappa shape index (κ2) is 5.38. The van der Waals surface area contributed by atoms with E-state index in [9.17, 15) is 13.2 Å². The van der Waals surface area contributed by atoms with E-state index < -0.39 is 10.0 Å². The van der Waals surface area contributed by atoms with Crippen LogP contribution in [-0.4, -0.2) is 51.0 Å². The zero-order chi connectivity index (χ0) is 16.0. The molecule has 3 aliphatic heterocycles. The molecule has 0 aromatic heterocycles. The largest absolute Gasteiger partial charge is 0.490 e. The molecule has 0 unspecified atom stereocenters. The van der Waals surface area contributed by atoms with Gasteiger partial charge in [0.25, 0.3) is 0 Å². The fourth-order valence-corrected chi connectivity index (χ4v) is 4.89. The topological polar surface area (TPSA) is 84.9 Å². The third kappa shape index (κ3) is 2.55. The van der Waals surface area contributed by atoms with Crippen LogP contribution < -0.4 is 14.8 Å². The second-order valence-corrected chi connectivity index (χ2v) is 8.06.